The monoisotopic (exact) mass is 449 g/mol. The molecule has 5 aromatic rings. The van der Waals surface area contributed by atoms with Crippen molar-refractivity contribution in [2.75, 3.05) is 5.32 Å². The Labute approximate surface area is 184 Å². The fourth-order valence-electron chi connectivity index (χ4n) is 3.51. The number of carbonyl (C=O) groups is 1. The predicted octanol–water partition coefficient (Wildman–Crippen LogP) is 2.97. The molecular weight excluding hydrogens is 433 g/mol. The molecule has 3 heterocycles. The Morgan fingerprint density at radius 3 is 2.53 bits per heavy atom. The Balaban J connectivity index is 1.56. The molecule has 5 rings (SSSR count). The van der Waals surface area contributed by atoms with Gasteiger partial charge in [0.2, 0.25) is 0 Å². The number of nitrogens with zero attached hydrogens (tertiary/aromatic N) is 6. The van der Waals surface area contributed by atoms with Crippen molar-refractivity contribution in [1.29, 1.82) is 0 Å². The molecule has 2 aromatic carbocycles. The van der Waals surface area contributed by atoms with Crippen molar-refractivity contribution in [3.05, 3.63) is 76.4 Å². The van der Waals surface area contributed by atoms with Gasteiger partial charge < -0.3 is 5.32 Å². The van der Waals surface area contributed by atoms with Gasteiger partial charge in [-0.2, -0.15) is 10.2 Å². The van der Waals surface area contributed by atoms with Crippen LogP contribution in [0.4, 0.5) is 9.39 Å². The molecule has 0 bridgehead atoms. The molecular formula is C21H16FN7O2S. The quantitative estimate of drug-likeness (QED) is 0.455. The van der Waals surface area contributed by atoms with Gasteiger partial charge in [-0.05, 0) is 29.8 Å². The number of rotatable bonds is 4. The second-order valence-electron chi connectivity index (χ2n) is 7.07. The van der Waals surface area contributed by atoms with Crippen LogP contribution in [0.3, 0.4) is 0 Å². The first-order chi connectivity index (χ1) is 15.4. The Kier molecular flexibility index (Phi) is 4.67. The van der Waals surface area contributed by atoms with Gasteiger partial charge in [0.15, 0.2) is 5.69 Å². The van der Waals surface area contributed by atoms with Crippen LogP contribution in [0.25, 0.3) is 27.7 Å². The zero-order valence-corrected chi connectivity index (χ0v) is 17.8. The number of aryl methyl sites for hydroxylation is 2. The zero-order chi connectivity index (χ0) is 22.4. The van der Waals surface area contributed by atoms with Gasteiger partial charge in [-0.1, -0.05) is 12.1 Å². The number of hydrogen-bond acceptors (Lipinski definition) is 6. The molecule has 11 heteroatoms. The molecule has 0 aliphatic carbocycles. The SMILES string of the molecule is Cn1ncn(-c2ccc(-c3ccc4c(c(C(=O)Nc5cncs5)nn4C)c3F)cc2)c1=O. The van der Waals surface area contributed by atoms with Gasteiger partial charge in [0.25, 0.3) is 5.91 Å². The number of benzene rings is 2. The molecule has 0 aliphatic rings. The van der Waals surface area contributed by atoms with Crippen molar-refractivity contribution in [3.63, 3.8) is 0 Å². The number of anilines is 1. The van der Waals surface area contributed by atoms with E-state index in [1.807, 2.05) is 0 Å². The van der Waals surface area contributed by atoms with Crippen LogP contribution in [0.1, 0.15) is 10.5 Å². The topological polar surface area (TPSA) is 99.6 Å². The average Bonchev–Trinajstić information content (AvgIpc) is 3.50. The summed E-state index contributed by atoms with van der Waals surface area (Å²) >= 11 is 1.26. The van der Waals surface area contributed by atoms with Crippen molar-refractivity contribution in [1.82, 2.24) is 29.1 Å². The fraction of sp³-hybridized carbons (Fsp3) is 0.0952. The summed E-state index contributed by atoms with van der Waals surface area (Å²) in [5.74, 6) is -1.06. The van der Waals surface area contributed by atoms with E-state index in [4.69, 9.17) is 0 Å². The maximum atomic E-state index is 15.6. The first kappa shape index (κ1) is 19.8. The maximum absolute atomic E-state index is 15.6. The summed E-state index contributed by atoms with van der Waals surface area (Å²) in [6, 6.07) is 10.2. The summed E-state index contributed by atoms with van der Waals surface area (Å²) in [6.45, 7) is 0. The number of hydrogen-bond donors (Lipinski definition) is 1. The number of fused-ring (bicyclic) bond motifs is 1. The fourth-order valence-corrected chi connectivity index (χ4v) is 4.02. The van der Waals surface area contributed by atoms with E-state index in [0.29, 0.717) is 27.3 Å². The minimum atomic E-state index is -0.545. The van der Waals surface area contributed by atoms with Crippen molar-refractivity contribution in [3.8, 4) is 16.8 Å². The Bertz CT molecular complexity index is 1510. The van der Waals surface area contributed by atoms with Crippen molar-refractivity contribution < 1.29 is 9.18 Å². The van der Waals surface area contributed by atoms with E-state index in [2.05, 4.69) is 20.5 Å². The number of halogens is 1. The molecule has 0 atom stereocenters. The van der Waals surface area contributed by atoms with Crippen LogP contribution in [0.2, 0.25) is 0 Å². The summed E-state index contributed by atoms with van der Waals surface area (Å²) in [7, 11) is 3.22. The van der Waals surface area contributed by atoms with Crippen molar-refractivity contribution >= 4 is 33.1 Å². The molecule has 1 amide bonds. The summed E-state index contributed by atoms with van der Waals surface area (Å²) in [6.07, 6.45) is 2.94. The van der Waals surface area contributed by atoms with Crippen molar-refractivity contribution in [2.24, 2.45) is 14.1 Å². The van der Waals surface area contributed by atoms with E-state index in [9.17, 15) is 9.59 Å². The van der Waals surface area contributed by atoms with Crippen LogP contribution in [0, 0.1) is 5.82 Å². The molecule has 1 N–H and O–H groups in total. The molecule has 32 heavy (non-hydrogen) atoms. The molecule has 3 aromatic heterocycles. The average molecular weight is 449 g/mol. The van der Waals surface area contributed by atoms with Crippen molar-refractivity contribution in [2.45, 2.75) is 0 Å². The van der Waals surface area contributed by atoms with Crippen LogP contribution in [0.5, 0.6) is 0 Å². The van der Waals surface area contributed by atoms with E-state index in [1.54, 1.807) is 56.0 Å². The second-order valence-corrected chi connectivity index (χ2v) is 7.95. The van der Waals surface area contributed by atoms with Gasteiger partial charge in [-0.3, -0.25) is 14.5 Å². The minimum Gasteiger partial charge on any atom is -0.311 e. The molecule has 0 radical (unpaired) electrons. The molecule has 0 saturated heterocycles. The summed E-state index contributed by atoms with van der Waals surface area (Å²) in [5.41, 5.74) is 3.34. The van der Waals surface area contributed by atoms with Gasteiger partial charge in [0.1, 0.15) is 17.1 Å². The highest BCUT2D eigenvalue weighted by molar-refractivity contribution is 7.14. The van der Waals surface area contributed by atoms with E-state index in [0.717, 1.165) is 0 Å². The van der Waals surface area contributed by atoms with Gasteiger partial charge in [0, 0.05) is 19.7 Å². The highest BCUT2D eigenvalue weighted by Gasteiger charge is 2.22. The van der Waals surface area contributed by atoms with Crippen LogP contribution < -0.4 is 11.0 Å². The zero-order valence-electron chi connectivity index (χ0n) is 17.0. The molecule has 160 valence electrons. The van der Waals surface area contributed by atoms with Crippen LogP contribution in [-0.4, -0.2) is 35.0 Å². The van der Waals surface area contributed by atoms with Crippen LogP contribution in [0.15, 0.2) is 59.2 Å². The van der Waals surface area contributed by atoms with Gasteiger partial charge in [-0.15, -0.1) is 11.3 Å². The van der Waals surface area contributed by atoms with E-state index in [-0.39, 0.29) is 16.8 Å². The lowest BCUT2D eigenvalue weighted by Gasteiger charge is -2.07. The lowest BCUT2D eigenvalue weighted by atomic mass is 10.0. The first-order valence-corrected chi connectivity index (χ1v) is 10.4. The van der Waals surface area contributed by atoms with Crippen LogP contribution >= 0.6 is 11.3 Å². The highest BCUT2D eigenvalue weighted by Crippen LogP contribution is 2.31. The smallest absolute Gasteiger partial charge is 0.311 e. The second kappa shape index (κ2) is 7.54. The Hall–Kier alpha value is -4.12. The number of carbonyl (C=O) groups excluding carboxylic acids is 1. The summed E-state index contributed by atoms with van der Waals surface area (Å²) in [4.78, 5) is 28.8. The molecule has 0 fully saturated rings. The maximum Gasteiger partial charge on any atom is 0.350 e. The standard InChI is InChI=1S/C21H16FN7O2S/c1-27-15-8-7-14(12-3-5-13(6-4-12)29-10-24-28(2)21(29)31)18(22)17(15)19(26-27)20(30)25-16-9-23-11-32-16/h3-11H,1-2H3,(H,25,30). The Morgan fingerprint density at radius 2 is 1.88 bits per heavy atom. The predicted molar refractivity (Wildman–Crippen MR) is 119 cm³/mol. The molecule has 0 unspecified atom stereocenters. The number of aromatic nitrogens is 6. The normalized spacial score (nSPS) is 11.2. The van der Waals surface area contributed by atoms with Crippen LogP contribution in [-0.2, 0) is 14.1 Å². The van der Waals surface area contributed by atoms with Gasteiger partial charge in [-0.25, -0.2) is 18.4 Å². The molecule has 0 saturated carbocycles. The van der Waals surface area contributed by atoms with Gasteiger partial charge >= 0.3 is 5.69 Å². The van der Waals surface area contributed by atoms with E-state index >= 15 is 4.39 Å². The third-order valence-electron chi connectivity index (χ3n) is 5.12. The molecule has 0 aliphatic heterocycles. The van der Waals surface area contributed by atoms with E-state index < -0.39 is 11.7 Å². The largest absolute Gasteiger partial charge is 0.350 e. The summed E-state index contributed by atoms with van der Waals surface area (Å²) in [5, 5.41) is 11.6. The van der Waals surface area contributed by atoms with E-state index in [1.165, 1.54) is 37.8 Å². The molecule has 0 spiro atoms. The lowest BCUT2D eigenvalue weighted by molar-refractivity contribution is 0.102. The Morgan fingerprint density at radius 1 is 1.09 bits per heavy atom. The van der Waals surface area contributed by atoms with Gasteiger partial charge in [0.05, 0.1) is 28.3 Å². The number of thiazole rings is 1. The summed E-state index contributed by atoms with van der Waals surface area (Å²) < 4.78 is 19.7. The first-order valence-electron chi connectivity index (χ1n) is 9.50. The lowest BCUT2D eigenvalue weighted by Crippen LogP contribution is -2.21. The highest BCUT2D eigenvalue weighted by atomic mass is 32.1. The number of amides is 1. The minimum absolute atomic E-state index is 0.00576. The third kappa shape index (κ3) is 3.19. The third-order valence-corrected chi connectivity index (χ3v) is 5.81. The number of nitrogens with one attached hydrogen (secondary N) is 1. The molecule has 9 nitrogen and oxygen atoms in total.